The maximum atomic E-state index is 9.34. The van der Waals surface area contributed by atoms with Gasteiger partial charge in [-0.1, -0.05) is 38.4 Å². The molecule has 0 aliphatic heterocycles. The highest BCUT2D eigenvalue weighted by Crippen LogP contribution is 2.29. The van der Waals surface area contributed by atoms with Gasteiger partial charge >= 0.3 is 0 Å². The smallest absolute Gasteiger partial charge is 0.0606 e. The van der Waals surface area contributed by atoms with Crippen molar-refractivity contribution in [1.29, 1.82) is 0 Å². The van der Waals surface area contributed by atoms with Crippen LogP contribution in [0.15, 0.2) is 18.2 Å². The number of halogens is 1. The Labute approximate surface area is 134 Å². The van der Waals surface area contributed by atoms with Crippen molar-refractivity contribution >= 4 is 17.3 Å². The fraction of sp³-hybridized carbons (Fsp3) is 0.647. The van der Waals surface area contributed by atoms with Crippen LogP contribution < -0.4 is 10.2 Å². The van der Waals surface area contributed by atoms with E-state index in [-0.39, 0.29) is 12.6 Å². The lowest BCUT2D eigenvalue weighted by Crippen LogP contribution is -2.36. The standard InChI is InChI=1S/C17H29ClN2O/c1-5-14(6-2)20(10-11-21)15-8-9-16(17(18)12-15)13(4)19-7-3/h8-9,12-14,19,21H,5-7,10-11H2,1-4H3. The van der Waals surface area contributed by atoms with Gasteiger partial charge in [-0.3, -0.25) is 0 Å². The summed E-state index contributed by atoms with van der Waals surface area (Å²) in [4.78, 5) is 2.26. The van der Waals surface area contributed by atoms with E-state index in [1.54, 1.807) is 0 Å². The molecule has 2 N–H and O–H groups in total. The molecule has 0 spiro atoms. The second kappa shape index (κ2) is 9.29. The fourth-order valence-electron chi connectivity index (χ4n) is 2.82. The van der Waals surface area contributed by atoms with E-state index >= 15 is 0 Å². The van der Waals surface area contributed by atoms with Crippen LogP contribution >= 0.6 is 11.6 Å². The van der Waals surface area contributed by atoms with Gasteiger partial charge < -0.3 is 15.3 Å². The zero-order valence-corrected chi connectivity index (χ0v) is 14.5. The summed E-state index contributed by atoms with van der Waals surface area (Å²) in [5.74, 6) is 0. The number of aliphatic hydroxyl groups excluding tert-OH is 1. The molecule has 0 bridgehead atoms. The highest BCUT2D eigenvalue weighted by molar-refractivity contribution is 6.31. The van der Waals surface area contributed by atoms with Crippen LogP contribution in [-0.2, 0) is 0 Å². The molecule has 1 unspecified atom stereocenters. The fourth-order valence-corrected chi connectivity index (χ4v) is 3.16. The van der Waals surface area contributed by atoms with Crippen LogP contribution in [0.2, 0.25) is 5.02 Å². The van der Waals surface area contributed by atoms with Crippen molar-refractivity contribution in [2.45, 2.75) is 52.6 Å². The Morgan fingerprint density at radius 2 is 1.90 bits per heavy atom. The molecule has 0 saturated carbocycles. The molecule has 0 aromatic heterocycles. The Morgan fingerprint density at radius 3 is 2.38 bits per heavy atom. The quantitative estimate of drug-likeness (QED) is 0.723. The van der Waals surface area contributed by atoms with Gasteiger partial charge in [0.25, 0.3) is 0 Å². The van der Waals surface area contributed by atoms with Crippen LogP contribution in [0.5, 0.6) is 0 Å². The summed E-state index contributed by atoms with van der Waals surface area (Å²) in [5.41, 5.74) is 2.21. The Kier molecular flexibility index (Phi) is 8.09. The lowest BCUT2D eigenvalue weighted by Gasteiger charge is -2.32. The first kappa shape index (κ1) is 18.3. The molecule has 0 saturated heterocycles. The molecule has 0 aliphatic rings. The summed E-state index contributed by atoms with van der Waals surface area (Å²) < 4.78 is 0. The van der Waals surface area contributed by atoms with E-state index in [0.29, 0.717) is 12.6 Å². The van der Waals surface area contributed by atoms with Gasteiger partial charge in [-0.15, -0.1) is 0 Å². The lowest BCUT2D eigenvalue weighted by molar-refractivity contribution is 0.296. The Hall–Kier alpha value is -0.770. The van der Waals surface area contributed by atoms with E-state index in [4.69, 9.17) is 11.6 Å². The molecule has 1 rings (SSSR count). The minimum atomic E-state index is 0.156. The summed E-state index contributed by atoms with van der Waals surface area (Å²) in [6, 6.07) is 6.92. The summed E-state index contributed by atoms with van der Waals surface area (Å²) in [5, 5.41) is 13.5. The van der Waals surface area contributed by atoms with Gasteiger partial charge in [0.1, 0.15) is 0 Å². The highest BCUT2D eigenvalue weighted by Gasteiger charge is 2.17. The number of hydrogen-bond acceptors (Lipinski definition) is 3. The first-order valence-electron chi connectivity index (χ1n) is 7.99. The maximum absolute atomic E-state index is 9.34. The van der Waals surface area contributed by atoms with Gasteiger partial charge in [0.05, 0.1) is 6.61 Å². The number of hydrogen-bond donors (Lipinski definition) is 2. The normalized spacial score (nSPS) is 12.7. The Balaban J connectivity index is 3.03. The molecule has 1 aromatic rings. The lowest BCUT2D eigenvalue weighted by atomic mass is 10.1. The molecule has 0 aliphatic carbocycles. The van der Waals surface area contributed by atoms with Gasteiger partial charge in [0.15, 0.2) is 0 Å². The van der Waals surface area contributed by atoms with E-state index in [2.05, 4.69) is 50.0 Å². The second-order valence-electron chi connectivity index (χ2n) is 5.37. The molecule has 1 aromatic carbocycles. The van der Waals surface area contributed by atoms with Crippen LogP contribution in [0, 0.1) is 0 Å². The monoisotopic (exact) mass is 312 g/mol. The molecule has 21 heavy (non-hydrogen) atoms. The molecule has 0 amide bonds. The van der Waals surface area contributed by atoms with Crippen molar-refractivity contribution in [3.63, 3.8) is 0 Å². The van der Waals surface area contributed by atoms with Crippen molar-refractivity contribution < 1.29 is 5.11 Å². The first-order chi connectivity index (χ1) is 10.1. The van der Waals surface area contributed by atoms with Crippen molar-refractivity contribution in [3.05, 3.63) is 28.8 Å². The second-order valence-corrected chi connectivity index (χ2v) is 5.78. The van der Waals surface area contributed by atoms with Crippen molar-refractivity contribution in [2.24, 2.45) is 0 Å². The largest absolute Gasteiger partial charge is 0.395 e. The van der Waals surface area contributed by atoms with Crippen molar-refractivity contribution in [2.75, 3.05) is 24.6 Å². The third kappa shape index (κ3) is 4.87. The molecular weight excluding hydrogens is 284 g/mol. The van der Waals surface area contributed by atoms with Crippen molar-refractivity contribution in [1.82, 2.24) is 5.32 Å². The summed E-state index contributed by atoms with van der Waals surface area (Å²) in [6.45, 7) is 10.3. The number of anilines is 1. The molecule has 0 fully saturated rings. The van der Waals surface area contributed by atoms with Crippen molar-refractivity contribution in [3.8, 4) is 0 Å². The molecule has 120 valence electrons. The molecule has 0 radical (unpaired) electrons. The average Bonchev–Trinajstić information content (AvgIpc) is 2.47. The highest BCUT2D eigenvalue weighted by atomic mass is 35.5. The Bertz CT molecular complexity index is 421. The van der Waals surface area contributed by atoms with Crippen LogP contribution in [0.4, 0.5) is 5.69 Å². The molecule has 1 atom stereocenters. The average molecular weight is 313 g/mol. The van der Waals surface area contributed by atoms with E-state index in [9.17, 15) is 5.11 Å². The summed E-state index contributed by atoms with van der Waals surface area (Å²) >= 11 is 6.47. The Morgan fingerprint density at radius 1 is 1.24 bits per heavy atom. The minimum absolute atomic E-state index is 0.156. The van der Waals surface area contributed by atoms with Crippen LogP contribution in [-0.4, -0.2) is 30.8 Å². The number of rotatable bonds is 9. The van der Waals surface area contributed by atoms with Gasteiger partial charge in [-0.2, -0.15) is 0 Å². The summed E-state index contributed by atoms with van der Waals surface area (Å²) in [6.07, 6.45) is 2.12. The summed E-state index contributed by atoms with van der Waals surface area (Å²) in [7, 11) is 0. The van der Waals surface area contributed by atoms with Gasteiger partial charge in [-0.05, 0) is 44.0 Å². The predicted molar refractivity (Wildman–Crippen MR) is 92.3 cm³/mol. The van der Waals surface area contributed by atoms with Crippen LogP contribution in [0.1, 0.15) is 52.1 Å². The molecule has 0 heterocycles. The van der Waals surface area contributed by atoms with Gasteiger partial charge in [-0.25, -0.2) is 0 Å². The van der Waals surface area contributed by atoms with Crippen LogP contribution in [0.25, 0.3) is 0 Å². The van der Waals surface area contributed by atoms with Gasteiger partial charge in [0, 0.05) is 29.3 Å². The van der Waals surface area contributed by atoms with Gasteiger partial charge in [0.2, 0.25) is 0 Å². The number of nitrogens with one attached hydrogen (secondary N) is 1. The zero-order chi connectivity index (χ0) is 15.8. The van der Waals surface area contributed by atoms with Crippen LogP contribution in [0.3, 0.4) is 0 Å². The molecule has 3 nitrogen and oxygen atoms in total. The third-order valence-electron chi connectivity index (χ3n) is 4.02. The number of nitrogens with zero attached hydrogens (tertiary/aromatic N) is 1. The third-order valence-corrected chi connectivity index (χ3v) is 4.34. The number of benzene rings is 1. The van der Waals surface area contributed by atoms with E-state index in [0.717, 1.165) is 35.7 Å². The SMILES string of the molecule is CCNC(C)c1ccc(N(CCO)C(CC)CC)cc1Cl. The minimum Gasteiger partial charge on any atom is -0.395 e. The van der Waals surface area contributed by atoms with E-state index in [1.165, 1.54) is 0 Å². The topological polar surface area (TPSA) is 35.5 Å². The predicted octanol–water partition coefficient (Wildman–Crippen LogP) is 4.00. The number of aliphatic hydroxyl groups is 1. The van der Waals surface area contributed by atoms with E-state index < -0.39 is 0 Å². The molecular formula is C17H29ClN2O. The maximum Gasteiger partial charge on any atom is 0.0606 e. The van der Waals surface area contributed by atoms with E-state index in [1.807, 2.05) is 6.07 Å². The first-order valence-corrected chi connectivity index (χ1v) is 8.37. The zero-order valence-electron chi connectivity index (χ0n) is 13.7. The molecule has 4 heteroatoms.